The van der Waals surface area contributed by atoms with E-state index in [1.807, 2.05) is 0 Å². The molecule has 0 aliphatic heterocycles. The molecule has 2 aliphatic carbocycles. The van der Waals surface area contributed by atoms with Crippen LogP contribution >= 0.6 is 0 Å². The summed E-state index contributed by atoms with van der Waals surface area (Å²) in [5, 5.41) is 4.03. The zero-order valence-corrected chi connectivity index (χ0v) is 10.2. The van der Waals surface area contributed by atoms with Gasteiger partial charge in [0.1, 0.15) is 5.82 Å². The zero-order valence-electron chi connectivity index (χ0n) is 10.2. The van der Waals surface area contributed by atoms with Gasteiger partial charge in [-0.25, -0.2) is 0 Å². The Morgan fingerprint density at radius 1 is 1.53 bits per heavy atom. The van der Waals surface area contributed by atoms with Gasteiger partial charge in [0, 0.05) is 13.5 Å². The van der Waals surface area contributed by atoms with Crippen molar-refractivity contribution < 1.29 is 4.79 Å². The Bertz CT molecular complexity index is 452. The summed E-state index contributed by atoms with van der Waals surface area (Å²) in [5.74, 6) is 2.96. The Labute approximate surface area is 101 Å². The highest BCUT2D eigenvalue weighted by molar-refractivity contribution is 6.00. The highest BCUT2D eigenvalue weighted by Crippen LogP contribution is 2.49. The topological polar surface area (TPSA) is 60.9 Å². The number of ketones is 1. The van der Waals surface area contributed by atoms with E-state index < -0.39 is 0 Å². The largest absolute Gasteiger partial charge is 0.383 e. The third-order valence-corrected chi connectivity index (χ3v) is 4.62. The molecule has 1 heterocycles. The van der Waals surface area contributed by atoms with Crippen LogP contribution in [0.15, 0.2) is 6.20 Å². The van der Waals surface area contributed by atoms with Crippen molar-refractivity contribution in [1.82, 2.24) is 9.78 Å². The lowest BCUT2D eigenvalue weighted by Crippen LogP contribution is -2.16. The summed E-state index contributed by atoms with van der Waals surface area (Å²) >= 11 is 0. The summed E-state index contributed by atoms with van der Waals surface area (Å²) < 4.78 is 1.56. The van der Waals surface area contributed by atoms with Crippen LogP contribution in [-0.2, 0) is 7.05 Å². The first-order valence-corrected chi connectivity index (χ1v) is 6.46. The molecular formula is C13H19N3O. The van der Waals surface area contributed by atoms with Crippen LogP contribution in [0, 0.1) is 17.8 Å². The Morgan fingerprint density at radius 3 is 2.88 bits per heavy atom. The summed E-state index contributed by atoms with van der Waals surface area (Å²) in [5.41, 5.74) is 6.44. The molecule has 1 aromatic heterocycles. The van der Waals surface area contributed by atoms with E-state index >= 15 is 0 Å². The van der Waals surface area contributed by atoms with Gasteiger partial charge in [-0.15, -0.1) is 0 Å². The maximum atomic E-state index is 12.2. The van der Waals surface area contributed by atoms with Gasteiger partial charge in [-0.05, 0) is 37.0 Å². The first kappa shape index (κ1) is 10.8. The van der Waals surface area contributed by atoms with Crippen LogP contribution in [0.25, 0.3) is 0 Å². The fraction of sp³-hybridized carbons (Fsp3) is 0.692. The van der Waals surface area contributed by atoms with Gasteiger partial charge in [-0.2, -0.15) is 5.10 Å². The molecule has 0 amide bonds. The smallest absolute Gasteiger partial charge is 0.168 e. The van der Waals surface area contributed by atoms with Crippen molar-refractivity contribution in [1.29, 1.82) is 0 Å². The van der Waals surface area contributed by atoms with Crippen LogP contribution in [0.4, 0.5) is 5.82 Å². The zero-order chi connectivity index (χ0) is 12.0. The van der Waals surface area contributed by atoms with E-state index in [4.69, 9.17) is 5.73 Å². The molecule has 2 N–H and O–H groups in total. The normalized spacial score (nSPS) is 31.0. The fourth-order valence-electron chi connectivity index (χ4n) is 3.64. The highest BCUT2D eigenvalue weighted by atomic mass is 16.1. The van der Waals surface area contributed by atoms with Crippen molar-refractivity contribution in [2.45, 2.75) is 32.1 Å². The number of hydrogen-bond donors (Lipinski definition) is 1. The van der Waals surface area contributed by atoms with Crippen LogP contribution in [0.2, 0.25) is 0 Å². The van der Waals surface area contributed by atoms with Crippen molar-refractivity contribution in [2.75, 3.05) is 5.73 Å². The van der Waals surface area contributed by atoms with Gasteiger partial charge in [-0.3, -0.25) is 9.48 Å². The molecule has 1 aromatic rings. The average molecular weight is 233 g/mol. The number of hydrogen-bond acceptors (Lipinski definition) is 3. The summed E-state index contributed by atoms with van der Waals surface area (Å²) in [6, 6.07) is 0. The fourth-order valence-corrected chi connectivity index (χ4v) is 3.64. The minimum absolute atomic E-state index is 0.174. The molecule has 3 unspecified atom stereocenters. The van der Waals surface area contributed by atoms with Gasteiger partial charge in [0.2, 0.25) is 0 Å². The molecule has 4 heteroatoms. The highest BCUT2D eigenvalue weighted by Gasteiger charge is 2.40. The van der Waals surface area contributed by atoms with Crippen molar-refractivity contribution in [3.05, 3.63) is 11.8 Å². The van der Waals surface area contributed by atoms with E-state index in [0.717, 1.165) is 11.8 Å². The standard InChI is InChI=1S/C13H19N3O/c1-16-13(14)11(7-15-16)12(17)6-10-5-8-2-3-9(10)4-8/h7-10H,2-6,14H2,1H3. The SMILES string of the molecule is Cn1ncc(C(=O)CC2CC3CCC2C3)c1N. The lowest BCUT2D eigenvalue weighted by Gasteiger charge is -2.20. The molecular weight excluding hydrogens is 214 g/mol. The molecule has 2 fully saturated rings. The number of Topliss-reactive ketones (excluding diaryl/α,β-unsaturated/α-hetero) is 1. The minimum Gasteiger partial charge on any atom is -0.383 e. The van der Waals surface area contributed by atoms with E-state index in [9.17, 15) is 4.79 Å². The molecule has 0 saturated heterocycles. The van der Waals surface area contributed by atoms with Crippen LogP contribution in [-0.4, -0.2) is 15.6 Å². The molecule has 17 heavy (non-hydrogen) atoms. The van der Waals surface area contributed by atoms with E-state index in [2.05, 4.69) is 5.10 Å². The molecule has 2 bridgehead atoms. The van der Waals surface area contributed by atoms with Gasteiger partial charge < -0.3 is 5.73 Å². The molecule has 92 valence electrons. The summed E-state index contributed by atoms with van der Waals surface area (Å²) in [6.45, 7) is 0. The molecule has 2 aliphatic rings. The number of carbonyl (C=O) groups is 1. The minimum atomic E-state index is 0.174. The van der Waals surface area contributed by atoms with Gasteiger partial charge >= 0.3 is 0 Å². The molecule has 3 rings (SSSR count). The van der Waals surface area contributed by atoms with E-state index in [1.54, 1.807) is 17.9 Å². The molecule has 2 saturated carbocycles. The van der Waals surface area contributed by atoms with Crippen LogP contribution < -0.4 is 5.73 Å². The number of aryl methyl sites for hydroxylation is 1. The lowest BCUT2D eigenvalue weighted by atomic mass is 9.84. The first-order valence-electron chi connectivity index (χ1n) is 6.46. The van der Waals surface area contributed by atoms with Crippen LogP contribution in [0.3, 0.4) is 0 Å². The third-order valence-electron chi connectivity index (χ3n) is 4.62. The Balaban J connectivity index is 1.70. The molecule has 4 nitrogen and oxygen atoms in total. The Kier molecular flexibility index (Phi) is 2.45. The van der Waals surface area contributed by atoms with Crippen molar-refractivity contribution in [3.8, 4) is 0 Å². The van der Waals surface area contributed by atoms with E-state index in [-0.39, 0.29) is 5.78 Å². The molecule has 0 spiro atoms. The number of fused-ring (bicyclic) bond motifs is 2. The number of rotatable bonds is 3. The van der Waals surface area contributed by atoms with Crippen LogP contribution in [0.5, 0.6) is 0 Å². The molecule has 0 radical (unpaired) electrons. The number of carbonyl (C=O) groups excluding carboxylic acids is 1. The Morgan fingerprint density at radius 2 is 2.35 bits per heavy atom. The second-order valence-corrected chi connectivity index (χ2v) is 5.63. The van der Waals surface area contributed by atoms with Gasteiger partial charge in [0.15, 0.2) is 5.78 Å². The number of nitrogen functional groups attached to an aromatic ring is 1. The second-order valence-electron chi connectivity index (χ2n) is 5.63. The van der Waals surface area contributed by atoms with E-state index in [0.29, 0.717) is 23.7 Å². The van der Waals surface area contributed by atoms with Crippen LogP contribution in [0.1, 0.15) is 42.5 Å². The van der Waals surface area contributed by atoms with Crippen molar-refractivity contribution >= 4 is 11.6 Å². The van der Waals surface area contributed by atoms with E-state index in [1.165, 1.54) is 25.7 Å². The predicted molar refractivity (Wildman–Crippen MR) is 65.5 cm³/mol. The molecule has 3 atom stereocenters. The number of nitrogens with two attached hydrogens (primary N) is 1. The maximum Gasteiger partial charge on any atom is 0.168 e. The number of anilines is 1. The second kappa shape index (κ2) is 3.86. The van der Waals surface area contributed by atoms with Gasteiger partial charge in [-0.1, -0.05) is 6.42 Å². The maximum absolute atomic E-state index is 12.2. The summed E-state index contributed by atoms with van der Waals surface area (Å²) in [4.78, 5) is 12.2. The average Bonchev–Trinajstić information content (AvgIpc) is 2.96. The first-order chi connectivity index (χ1) is 8.15. The predicted octanol–water partition coefficient (Wildman–Crippen LogP) is 2.01. The Hall–Kier alpha value is -1.32. The number of aromatic nitrogens is 2. The van der Waals surface area contributed by atoms with Gasteiger partial charge in [0.05, 0.1) is 11.8 Å². The number of nitrogens with zero attached hydrogens (tertiary/aromatic N) is 2. The third kappa shape index (κ3) is 1.75. The summed E-state index contributed by atoms with van der Waals surface area (Å²) in [7, 11) is 1.77. The lowest BCUT2D eigenvalue weighted by molar-refractivity contribution is 0.0945. The summed E-state index contributed by atoms with van der Waals surface area (Å²) in [6.07, 6.45) is 7.56. The van der Waals surface area contributed by atoms with Gasteiger partial charge in [0.25, 0.3) is 0 Å². The molecule has 0 aromatic carbocycles. The quantitative estimate of drug-likeness (QED) is 0.812. The monoisotopic (exact) mass is 233 g/mol. The van der Waals surface area contributed by atoms with Crippen molar-refractivity contribution in [3.63, 3.8) is 0 Å². The van der Waals surface area contributed by atoms with Crippen molar-refractivity contribution in [2.24, 2.45) is 24.8 Å².